The van der Waals surface area contributed by atoms with Crippen LogP contribution in [0.25, 0.3) is 0 Å². The maximum atomic E-state index is 12.8. The largest absolute Gasteiger partial charge is 0.368 e. The lowest BCUT2D eigenvalue weighted by atomic mass is 10.0. The van der Waals surface area contributed by atoms with Crippen LogP contribution in [0.5, 0.6) is 0 Å². The number of hydrogen-bond acceptors (Lipinski definition) is 5. The van der Waals surface area contributed by atoms with Crippen LogP contribution in [0.3, 0.4) is 0 Å². The first-order valence-corrected chi connectivity index (χ1v) is 9.78. The summed E-state index contributed by atoms with van der Waals surface area (Å²) in [5.41, 5.74) is 11.1. The Bertz CT molecular complexity index is 798. The fraction of sp³-hybridized carbons (Fsp3) is 0.474. The number of primary amides is 1. The molecule has 0 saturated heterocycles. The minimum Gasteiger partial charge on any atom is -0.368 e. The maximum Gasteiger partial charge on any atom is 0.266 e. The van der Waals surface area contributed by atoms with Gasteiger partial charge in [-0.25, -0.2) is 10.1 Å². The highest BCUT2D eigenvalue weighted by molar-refractivity contribution is 5.98. The fourth-order valence-corrected chi connectivity index (χ4v) is 2.74. The van der Waals surface area contributed by atoms with Crippen molar-refractivity contribution in [2.45, 2.75) is 45.2 Å². The molecule has 12 nitrogen and oxygen atoms in total. The van der Waals surface area contributed by atoms with E-state index in [4.69, 9.17) is 11.5 Å². The fourth-order valence-electron chi connectivity index (χ4n) is 2.74. The first-order chi connectivity index (χ1) is 14.6. The molecule has 0 bridgehead atoms. The van der Waals surface area contributed by atoms with Gasteiger partial charge in [-0.05, 0) is 37.3 Å². The van der Waals surface area contributed by atoms with Crippen molar-refractivity contribution >= 4 is 23.7 Å². The number of nitrogens with two attached hydrogens (primary N) is 2. The van der Waals surface area contributed by atoms with Crippen molar-refractivity contribution in [3.05, 3.63) is 46.0 Å². The van der Waals surface area contributed by atoms with Gasteiger partial charge in [0, 0.05) is 12.1 Å². The third-order valence-corrected chi connectivity index (χ3v) is 4.19. The first kappa shape index (κ1) is 25.3. The van der Waals surface area contributed by atoms with Gasteiger partial charge in [-0.3, -0.25) is 14.4 Å². The molecule has 0 spiro atoms. The zero-order valence-electron chi connectivity index (χ0n) is 17.5. The lowest BCUT2D eigenvalue weighted by Crippen LogP contribution is -2.53. The molecule has 2 atom stereocenters. The van der Waals surface area contributed by atoms with E-state index in [0.29, 0.717) is 18.4 Å². The molecule has 31 heavy (non-hydrogen) atoms. The normalized spacial score (nSPS) is 13.2. The Hall–Kier alpha value is -3.70. The zero-order chi connectivity index (χ0) is 23.4. The van der Waals surface area contributed by atoms with Gasteiger partial charge in [-0.15, -0.1) is 0 Å². The number of hydrazone groups is 1. The first-order valence-electron chi connectivity index (χ1n) is 9.78. The molecule has 0 saturated carbocycles. The molecule has 0 fully saturated rings. The molecule has 3 amide bonds. The highest BCUT2D eigenvalue weighted by Gasteiger charge is 2.26. The summed E-state index contributed by atoms with van der Waals surface area (Å²) in [6.07, 6.45) is 0.860. The summed E-state index contributed by atoms with van der Waals surface area (Å²) in [5.74, 6) is -1.93. The molecule has 0 aromatic heterocycles. The van der Waals surface area contributed by atoms with Crippen molar-refractivity contribution in [3.63, 3.8) is 0 Å². The van der Waals surface area contributed by atoms with Gasteiger partial charge in [0.05, 0.1) is 0 Å². The third-order valence-electron chi connectivity index (χ3n) is 4.19. The summed E-state index contributed by atoms with van der Waals surface area (Å²) in [4.78, 5) is 47.3. The maximum absolute atomic E-state index is 12.8. The quantitative estimate of drug-likeness (QED) is 0.0974. The van der Waals surface area contributed by atoms with Gasteiger partial charge in [0.15, 0.2) is 5.03 Å². The number of guanidine groups is 1. The Morgan fingerprint density at radius 3 is 2.29 bits per heavy atom. The second-order valence-corrected chi connectivity index (χ2v) is 7.28. The number of rotatable bonds is 12. The predicted octanol–water partition coefficient (Wildman–Crippen LogP) is -0.323. The molecule has 7 N–H and O–H groups in total. The number of amides is 3. The summed E-state index contributed by atoms with van der Waals surface area (Å²) < 4.78 is 0. The Balaban J connectivity index is 2.83. The van der Waals surface area contributed by atoms with Crippen LogP contribution < -0.4 is 27.4 Å². The standard InChI is InChI=1S/C19H29N7O5/c1-12(2)11-15(16(20)27)24-18(29)14(9-6-10-22-19(21)25-26(30)31)23-17(28)13-7-4-3-5-8-13/h3-5,7-8,12,14-15H,6,9-11H2,1-2H3,(H2,20,27)(H,23,28)(H,24,29)(H3,21,22,25)/t14-,15-/m0/s1. The van der Waals surface area contributed by atoms with Gasteiger partial charge in [0.1, 0.15) is 17.2 Å². The molecule has 0 unspecified atom stereocenters. The predicted molar refractivity (Wildman–Crippen MR) is 114 cm³/mol. The highest BCUT2D eigenvalue weighted by atomic mass is 16.7. The zero-order valence-corrected chi connectivity index (χ0v) is 17.5. The van der Waals surface area contributed by atoms with Crippen molar-refractivity contribution in [2.24, 2.45) is 22.5 Å². The number of nitrogens with one attached hydrogen (secondary N) is 3. The molecular weight excluding hydrogens is 406 g/mol. The van der Waals surface area contributed by atoms with E-state index in [9.17, 15) is 24.5 Å². The van der Waals surface area contributed by atoms with Gasteiger partial charge in [0.25, 0.3) is 11.9 Å². The van der Waals surface area contributed by atoms with Crippen molar-refractivity contribution in [2.75, 3.05) is 6.54 Å². The van der Waals surface area contributed by atoms with E-state index in [2.05, 4.69) is 21.1 Å². The number of nitro groups is 1. The molecule has 1 rings (SSSR count). The van der Waals surface area contributed by atoms with E-state index in [0.717, 1.165) is 0 Å². The lowest BCUT2D eigenvalue weighted by Gasteiger charge is -2.23. The molecule has 0 radical (unpaired) electrons. The summed E-state index contributed by atoms with van der Waals surface area (Å²) in [6.45, 7) is 3.96. The van der Waals surface area contributed by atoms with E-state index < -0.39 is 34.8 Å². The minimum absolute atomic E-state index is 0.114. The summed E-state index contributed by atoms with van der Waals surface area (Å²) >= 11 is 0. The number of carbonyl (C=O) groups is 3. The van der Waals surface area contributed by atoms with Gasteiger partial charge in [0.2, 0.25) is 11.8 Å². The van der Waals surface area contributed by atoms with Crippen molar-refractivity contribution in [3.8, 4) is 0 Å². The van der Waals surface area contributed by atoms with Crippen LogP contribution in [0.4, 0.5) is 0 Å². The van der Waals surface area contributed by atoms with E-state index in [1.54, 1.807) is 30.3 Å². The monoisotopic (exact) mass is 435 g/mol. The molecule has 0 aliphatic carbocycles. The van der Waals surface area contributed by atoms with E-state index in [1.165, 1.54) is 0 Å². The molecular formula is C19H29N7O5. The highest BCUT2D eigenvalue weighted by Crippen LogP contribution is 2.07. The summed E-state index contributed by atoms with van der Waals surface area (Å²) in [6, 6.07) is 6.51. The molecule has 0 heterocycles. The molecule has 12 heteroatoms. The van der Waals surface area contributed by atoms with Gasteiger partial charge < -0.3 is 27.4 Å². The molecule has 170 valence electrons. The van der Waals surface area contributed by atoms with Gasteiger partial charge in [-0.2, -0.15) is 0 Å². The van der Waals surface area contributed by atoms with Crippen molar-refractivity contribution < 1.29 is 19.4 Å². The summed E-state index contributed by atoms with van der Waals surface area (Å²) in [5, 5.41) is 20.1. The SMILES string of the molecule is CC(C)C[C@H](NC(=O)[C@H](CCCN/C(N)=N/[N+](=O)[O-])NC(=O)c1ccccc1)C(N)=O. The topological polar surface area (TPSA) is 195 Å². The van der Waals surface area contributed by atoms with Crippen molar-refractivity contribution in [1.29, 1.82) is 0 Å². The average molecular weight is 435 g/mol. The van der Waals surface area contributed by atoms with Crippen LogP contribution in [0.2, 0.25) is 0 Å². The van der Waals surface area contributed by atoms with Crippen LogP contribution in [0.15, 0.2) is 35.4 Å². The molecule has 1 aromatic rings. The average Bonchev–Trinajstić information content (AvgIpc) is 2.69. The van der Waals surface area contributed by atoms with Crippen LogP contribution in [0.1, 0.15) is 43.5 Å². The second kappa shape index (κ2) is 12.8. The van der Waals surface area contributed by atoms with E-state index >= 15 is 0 Å². The number of hydrogen-bond donors (Lipinski definition) is 5. The van der Waals surface area contributed by atoms with E-state index in [1.807, 2.05) is 13.8 Å². The van der Waals surface area contributed by atoms with E-state index in [-0.39, 0.29) is 24.8 Å². The van der Waals surface area contributed by atoms with Crippen LogP contribution in [-0.4, -0.2) is 47.3 Å². The Labute approximate surface area is 180 Å². The molecule has 0 aliphatic rings. The number of carbonyl (C=O) groups excluding carboxylic acids is 3. The Morgan fingerprint density at radius 2 is 1.74 bits per heavy atom. The lowest BCUT2D eigenvalue weighted by molar-refractivity contribution is -0.485. The number of nitrogens with zero attached hydrogens (tertiary/aromatic N) is 2. The van der Waals surface area contributed by atoms with Gasteiger partial charge in [-0.1, -0.05) is 32.0 Å². The van der Waals surface area contributed by atoms with Crippen LogP contribution >= 0.6 is 0 Å². The van der Waals surface area contributed by atoms with Gasteiger partial charge >= 0.3 is 0 Å². The molecule has 0 aliphatic heterocycles. The Morgan fingerprint density at radius 1 is 1.10 bits per heavy atom. The second-order valence-electron chi connectivity index (χ2n) is 7.28. The van der Waals surface area contributed by atoms with Crippen molar-refractivity contribution in [1.82, 2.24) is 16.0 Å². The Kier molecular flexibility index (Phi) is 10.4. The minimum atomic E-state index is -0.961. The summed E-state index contributed by atoms with van der Waals surface area (Å²) in [7, 11) is 0. The third kappa shape index (κ3) is 10.1. The van der Waals surface area contributed by atoms with Crippen LogP contribution in [0, 0.1) is 16.0 Å². The molecule has 1 aromatic carbocycles. The van der Waals surface area contributed by atoms with Crippen LogP contribution in [-0.2, 0) is 9.59 Å². The number of benzene rings is 1. The smallest absolute Gasteiger partial charge is 0.266 e.